The third-order valence-electron chi connectivity index (χ3n) is 5.76. The molecule has 0 fully saturated rings. The highest BCUT2D eigenvalue weighted by atomic mass is 28.4. The first-order valence-corrected chi connectivity index (χ1v) is 13.8. The molecule has 0 aromatic heterocycles. The zero-order chi connectivity index (χ0) is 23.8. The number of hydrogen-bond acceptors (Lipinski definition) is 6. The molecular weight excluding hydrogens is 424 g/mol. The number of methoxy groups -OCH3 is 1. The Labute approximate surface area is 192 Å². The Bertz CT molecular complexity index is 850. The average Bonchev–Trinajstić information content (AvgIpc) is 2.70. The van der Waals surface area contributed by atoms with Crippen LogP contribution in [0.2, 0.25) is 18.1 Å². The van der Waals surface area contributed by atoms with Gasteiger partial charge in [-0.15, -0.1) is 0 Å². The fourth-order valence-corrected chi connectivity index (χ4v) is 3.95. The van der Waals surface area contributed by atoms with Gasteiger partial charge in [0.1, 0.15) is 30.3 Å². The van der Waals surface area contributed by atoms with Crippen LogP contribution in [0.3, 0.4) is 0 Å². The van der Waals surface area contributed by atoms with E-state index in [1.807, 2.05) is 48.6 Å². The number of carbonyl (C=O) groups excluding carboxylic acids is 1. The largest absolute Gasteiger partial charge is 0.543 e. The Balaban J connectivity index is 2.53. The van der Waals surface area contributed by atoms with Crippen LogP contribution in [0.4, 0.5) is 0 Å². The molecule has 176 valence electrons. The van der Waals surface area contributed by atoms with Crippen molar-refractivity contribution in [2.75, 3.05) is 20.5 Å². The number of carbonyl (C=O) groups is 1. The van der Waals surface area contributed by atoms with E-state index in [2.05, 4.69) is 33.9 Å². The third-order valence-corrected chi connectivity index (χ3v) is 10.1. The summed E-state index contributed by atoms with van der Waals surface area (Å²) in [7, 11) is -0.680. The third kappa shape index (κ3) is 6.90. The van der Waals surface area contributed by atoms with Crippen molar-refractivity contribution in [1.82, 2.24) is 0 Å². The fraction of sp³-hybridized carbons (Fsp3) is 0.480. The molecule has 6 nitrogen and oxygen atoms in total. The Morgan fingerprint density at radius 2 is 1.84 bits per heavy atom. The van der Waals surface area contributed by atoms with Crippen LogP contribution in [0.25, 0.3) is 6.08 Å². The molecule has 0 unspecified atom stereocenters. The first kappa shape index (κ1) is 26.1. The molecular formula is C25H36O6Si. The second-order valence-electron chi connectivity index (χ2n) is 9.21. The summed E-state index contributed by atoms with van der Waals surface area (Å²) >= 11 is 0. The van der Waals surface area contributed by atoms with Crippen LogP contribution in [-0.4, -0.2) is 52.1 Å². The highest BCUT2D eigenvalue weighted by Gasteiger charge is 2.40. The van der Waals surface area contributed by atoms with E-state index in [0.29, 0.717) is 16.9 Å². The van der Waals surface area contributed by atoms with Crippen molar-refractivity contribution in [2.45, 2.75) is 57.5 Å². The second kappa shape index (κ2) is 11.6. The fourth-order valence-electron chi connectivity index (χ4n) is 2.93. The van der Waals surface area contributed by atoms with Gasteiger partial charge in [-0.3, -0.25) is 0 Å². The SMILES string of the molecule is COCO[C@H]1/C=C/C=C\C=C\c2cccc(O[Si](C)(C)C(C)(C)C)c2C(=O)O[C@H]1CCO. The van der Waals surface area contributed by atoms with Gasteiger partial charge < -0.3 is 23.7 Å². The topological polar surface area (TPSA) is 74.2 Å². The van der Waals surface area contributed by atoms with E-state index in [1.165, 1.54) is 7.11 Å². The summed E-state index contributed by atoms with van der Waals surface area (Å²) < 4.78 is 23.2. The number of aliphatic hydroxyl groups excluding tert-OH is 1. The maximum absolute atomic E-state index is 13.5. The van der Waals surface area contributed by atoms with E-state index in [-0.39, 0.29) is 24.9 Å². The van der Waals surface area contributed by atoms with Crippen molar-refractivity contribution < 1.29 is 28.5 Å². The maximum atomic E-state index is 13.5. The number of cyclic esters (lactones) is 1. The van der Waals surface area contributed by atoms with Gasteiger partial charge in [0.15, 0.2) is 0 Å². The lowest BCUT2D eigenvalue weighted by atomic mass is 10.0. The number of ether oxygens (including phenoxy) is 3. The molecule has 0 aliphatic carbocycles. The summed E-state index contributed by atoms with van der Waals surface area (Å²) in [5.41, 5.74) is 1.08. The first-order chi connectivity index (χ1) is 15.1. The molecule has 1 aliphatic heterocycles. The van der Waals surface area contributed by atoms with Gasteiger partial charge in [0.25, 0.3) is 8.32 Å². The second-order valence-corrected chi connectivity index (χ2v) is 13.9. The number of benzene rings is 1. The van der Waals surface area contributed by atoms with Gasteiger partial charge in [-0.05, 0) is 29.8 Å². The summed E-state index contributed by atoms with van der Waals surface area (Å²) in [6, 6.07) is 5.56. The van der Waals surface area contributed by atoms with Crippen molar-refractivity contribution >= 4 is 20.4 Å². The van der Waals surface area contributed by atoms with E-state index < -0.39 is 26.5 Å². The van der Waals surface area contributed by atoms with Gasteiger partial charge in [0, 0.05) is 20.1 Å². The van der Waals surface area contributed by atoms with E-state index >= 15 is 0 Å². The molecule has 1 N–H and O–H groups in total. The molecule has 0 amide bonds. The first-order valence-electron chi connectivity index (χ1n) is 10.9. The summed E-state index contributed by atoms with van der Waals surface area (Å²) in [6.45, 7) is 10.6. The minimum Gasteiger partial charge on any atom is -0.543 e. The van der Waals surface area contributed by atoms with Gasteiger partial charge >= 0.3 is 5.97 Å². The monoisotopic (exact) mass is 460 g/mol. The van der Waals surface area contributed by atoms with E-state index in [1.54, 1.807) is 6.08 Å². The molecule has 0 saturated carbocycles. The number of rotatable bonds is 7. The molecule has 1 aromatic carbocycles. The maximum Gasteiger partial charge on any atom is 0.342 e. The van der Waals surface area contributed by atoms with Crippen LogP contribution in [0.1, 0.15) is 43.1 Å². The summed E-state index contributed by atoms with van der Waals surface area (Å²) in [5, 5.41) is 9.55. The molecule has 0 radical (unpaired) electrons. The summed E-state index contributed by atoms with van der Waals surface area (Å²) in [6.07, 6.45) is 10.0. The Morgan fingerprint density at radius 3 is 2.50 bits per heavy atom. The van der Waals surface area contributed by atoms with Crippen LogP contribution < -0.4 is 4.43 Å². The lowest BCUT2D eigenvalue weighted by Gasteiger charge is -2.37. The molecule has 1 aliphatic rings. The standard InChI is InChI=1S/C25H36O6Si/c1-25(2,3)32(5,6)31-22-15-11-13-19-12-9-7-8-10-14-20(29-18-28-4)21(16-17-26)30-24(27)23(19)22/h7-15,20-21,26H,16-18H2,1-6H3/b8-7-,12-9+,14-10+/t20-,21-/m0/s1. The Kier molecular flexibility index (Phi) is 9.45. The van der Waals surface area contributed by atoms with Gasteiger partial charge in [-0.25, -0.2) is 4.79 Å². The van der Waals surface area contributed by atoms with E-state index in [9.17, 15) is 9.90 Å². The minimum atomic E-state index is -2.21. The molecule has 2 rings (SSSR count). The molecule has 0 spiro atoms. The molecule has 0 bridgehead atoms. The molecule has 2 atom stereocenters. The predicted octanol–water partition coefficient (Wildman–Crippen LogP) is 5.11. The zero-order valence-corrected chi connectivity index (χ0v) is 21.0. The van der Waals surface area contributed by atoms with Crippen LogP contribution >= 0.6 is 0 Å². The van der Waals surface area contributed by atoms with Crippen LogP contribution in [0.5, 0.6) is 5.75 Å². The van der Waals surface area contributed by atoms with Crippen LogP contribution in [0.15, 0.2) is 48.6 Å². The number of fused-ring (bicyclic) bond motifs is 1. The summed E-state index contributed by atoms with van der Waals surface area (Å²) in [4.78, 5) is 13.5. The van der Waals surface area contributed by atoms with Crippen molar-refractivity contribution in [3.63, 3.8) is 0 Å². The quantitative estimate of drug-likeness (QED) is 0.346. The average molecular weight is 461 g/mol. The Hall–Kier alpha value is -2.19. The number of esters is 1. The number of hydrogen-bond donors (Lipinski definition) is 1. The number of aliphatic hydroxyl groups is 1. The molecule has 0 saturated heterocycles. The van der Waals surface area contributed by atoms with Crippen LogP contribution in [0, 0.1) is 0 Å². The van der Waals surface area contributed by atoms with Crippen molar-refractivity contribution in [3.8, 4) is 5.75 Å². The van der Waals surface area contributed by atoms with Crippen molar-refractivity contribution in [3.05, 3.63) is 59.7 Å². The van der Waals surface area contributed by atoms with E-state index in [4.69, 9.17) is 18.6 Å². The Morgan fingerprint density at radius 1 is 1.12 bits per heavy atom. The lowest BCUT2D eigenvalue weighted by molar-refractivity contribution is -0.101. The van der Waals surface area contributed by atoms with Gasteiger partial charge in [-0.1, -0.05) is 69.4 Å². The van der Waals surface area contributed by atoms with Crippen LogP contribution in [-0.2, 0) is 14.2 Å². The normalized spacial score (nSPS) is 22.7. The van der Waals surface area contributed by atoms with E-state index in [0.717, 1.165) is 0 Å². The lowest BCUT2D eigenvalue weighted by Crippen LogP contribution is -2.44. The predicted molar refractivity (Wildman–Crippen MR) is 129 cm³/mol. The van der Waals surface area contributed by atoms with Gasteiger partial charge in [-0.2, -0.15) is 0 Å². The smallest absolute Gasteiger partial charge is 0.342 e. The van der Waals surface area contributed by atoms with Crippen molar-refractivity contribution in [1.29, 1.82) is 0 Å². The number of allylic oxidation sites excluding steroid dienone is 4. The minimum absolute atomic E-state index is 0.0348. The molecule has 1 heterocycles. The molecule has 32 heavy (non-hydrogen) atoms. The molecule has 7 heteroatoms. The van der Waals surface area contributed by atoms with Crippen molar-refractivity contribution in [2.24, 2.45) is 0 Å². The highest BCUT2D eigenvalue weighted by Crippen LogP contribution is 2.39. The zero-order valence-electron chi connectivity index (χ0n) is 20.0. The highest BCUT2D eigenvalue weighted by molar-refractivity contribution is 6.74. The summed E-state index contributed by atoms with van der Waals surface area (Å²) in [5.74, 6) is -0.00110. The van der Waals surface area contributed by atoms with Gasteiger partial charge in [0.2, 0.25) is 0 Å². The molecule has 1 aromatic rings. The van der Waals surface area contributed by atoms with Gasteiger partial charge in [0.05, 0.1) is 0 Å².